The maximum absolute atomic E-state index is 12.8. The number of unbranched alkanes of at least 4 members (excludes halogenated alkanes) is 1. The van der Waals surface area contributed by atoms with Crippen LogP contribution in [0.15, 0.2) is 30.3 Å². The Balaban J connectivity index is 2.11. The molecule has 0 fully saturated rings. The molecule has 0 saturated carbocycles. The maximum atomic E-state index is 12.8. The van der Waals surface area contributed by atoms with Crippen LogP contribution in [0.25, 0.3) is 0 Å². The normalized spacial score (nSPS) is 11.2. The molecule has 0 bridgehead atoms. The highest BCUT2D eigenvalue weighted by Crippen LogP contribution is 2.28. The number of benzene rings is 2. The van der Waals surface area contributed by atoms with E-state index in [1.165, 1.54) is 11.1 Å². The Morgan fingerprint density at radius 3 is 2.29 bits per heavy atom. The van der Waals surface area contributed by atoms with Gasteiger partial charge in [-0.1, -0.05) is 31.5 Å². The first-order valence-electron chi connectivity index (χ1n) is 8.55. The van der Waals surface area contributed by atoms with E-state index in [-0.39, 0.29) is 14.1 Å². The van der Waals surface area contributed by atoms with E-state index in [9.17, 15) is 4.79 Å². The summed E-state index contributed by atoms with van der Waals surface area (Å²) in [7, 11) is 0.146. The number of carbonyl (C=O) groups is 1. The first kappa shape index (κ1) is 18.7. The second-order valence-corrected chi connectivity index (χ2v) is 7.60. The second-order valence-electron chi connectivity index (χ2n) is 6.32. The summed E-state index contributed by atoms with van der Waals surface area (Å²) < 4.78 is 5.68. The number of aryl methyl sites for hydroxylation is 2. The summed E-state index contributed by atoms with van der Waals surface area (Å²) in [6.07, 6.45) is 2.19. The highest BCUT2D eigenvalue weighted by atomic mass is 31.1. The molecule has 2 aromatic carbocycles. The largest absolute Gasteiger partial charge is 0.494 e. The predicted molar refractivity (Wildman–Crippen MR) is 105 cm³/mol. The van der Waals surface area contributed by atoms with E-state index in [4.69, 9.17) is 4.74 Å². The van der Waals surface area contributed by atoms with E-state index in [0.29, 0.717) is 0 Å². The third kappa shape index (κ3) is 4.45. The van der Waals surface area contributed by atoms with Gasteiger partial charge < -0.3 is 4.74 Å². The highest BCUT2D eigenvalue weighted by Gasteiger charge is 2.15. The van der Waals surface area contributed by atoms with E-state index < -0.39 is 0 Å². The lowest BCUT2D eigenvalue weighted by Gasteiger charge is -2.14. The van der Waals surface area contributed by atoms with E-state index in [2.05, 4.69) is 33.8 Å². The van der Waals surface area contributed by atoms with Gasteiger partial charge >= 0.3 is 0 Å². The van der Waals surface area contributed by atoms with Gasteiger partial charge in [0.25, 0.3) is 0 Å². The summed E-state index contributed by atoms with van der Waals surface area (Å²) in [6.45, 7) is 11.2. The number of carbonyl (C=O) groups excluding carboxylic acids is 1. The summed E-state index contributed by atoms with van der Waals surface area (Å²) in [5.41, 5.74) is 5.76. The van der Waals surface area contributed by atoms with Gasteiger partial charge in [0.2, 0.25) is 0 Å². The molecule has 0 spiro atoms. The van der Waals surface area contributed by atoms with Crippen LogP contribution in [0, 0.1) is 27.7 Å². The van der Waals surface area contributed by atoms with E-state index in [1.807, 2.05) is 31.2 Å². The van der Waals surface area contributed by atoms with Crippen LogP contribution < -0.4 is 10.0 Å². The zero-order chi connectivity index (χ0) is 17.7. The van der Waals surface area contributed by atoms with Crippen LogP contribution in [0.5, 0.6) is 5.75 Å². The molecule has 1 unspecified atom stereocenters. The fourth-order valence-electron chi connectivity index (χ4n) is 2.80. The third-order valence-corrected chi connectivity index (χ3v) is 5.56. The summed E-state index contributed by atoms with van der Waals surface area (Å²) in [5.74, 6) is 0.878. The van der Waals surface area contributed by atoms with Crippen molar-refractivity contribution in [2.24, 2.45) is 0 Å². The van der Waals surface area contributed by atoms with Crippen LogP contribution >= 0.6 is 8.58 Å². The SMILES string of the molecule is CCCCOc1ccc(PC(=O)c2c(C)cc(C)c(C)c2C)cc1. The molecule has 0 radical (unpaired) electrons. The standard InChI is InChI=1S/C21H27O2P/c1-6-7-12-23-18-8-10-19(11-9-18)24-21(22)20-15(3)13-14(2)16(4)17(20)5/h8-11,13,24H,6-7,12H2,1-5H3. The Labute approximate surface area is 147 Å². The summed E-state index contributed by atoms with van der Waals surface area (Å²) in [5, 5.41) is 1.06. The molecule has 24 heavy (non-hydrogen) atoms. The van der Waals surface area contributed by atoms with E-state index in [1.54, 1.807) is 0 Å². The van der Waals surface area contributed by atoms with E-state index >= 15 is 0 Å². The molecule has 0 N–H and O–H groups in total. The smallest absolute Gasteiger partial charge is 0.186 e. The second kappa shape index (κ2) is 8.44. The fraction of sp³-hybridized carbons (Fsp3) is 0.381. The van der Waals surface area contributed by atoms with Crippen molar-refractivity contribution in [3.05, 3.63) is 58.1 Å². The van der Waals surface area contributed by atoms with Crippen LogP contribution in [0.4, 0.5) is 0 Å². The zero-order valence-electron chi connectivity index (χ0n) is 15.3. The molecule has 2 rings (SSSR count). The van der Waals surface area contributed by atoms with Crippen molar-refractivity contribution in [1.82, 2.24) is 0 Å². The Bertz CT molecular complexity index is 718. The Hall–Kier alpha value is -1.66. The molecule has 1 atom stereocenters. The summed E-state index contributed by atoms with van der Waals surface area (Å²) >= 11 is 0. The van der Waals surface area contributed by atoms with Gasteiger partial charge in [0, 0.05) is 5.56 Å². The van der Waals surface area contributed by atoms with Crippen molar-refractivity contribution < 1.29 is 9.53 Å². The van der Waals surface area contributed by atoms with Crippen LogP contribution in [0.3, 0.4) is 0 Å². The predicted octanol–water partition coefficient (Wildman–Crippen LogP) is 5.24. The number of hydrogen-bond acceptors (Lipinski definition) is 2. The van der Waals surface area contributed by atoms with Crippen molar-refractivity contribution in [2.45, 2.75) is 47.5 Å². The quantitative estimate of drug-likeness (QED) is 0.508. The van der Waals surface area contributed by atoms with Crippen molar-refractivity contribution in [2.75, 3.05) is 6.61 Å². The van der Waals surface area contributed by atoms with Gasteiger partial charge in [-0.2, -0.15) is 0 Å². The Morgan fingerprint density at radius 2 is 1.67 bits per heavy atom. The fourth-order valence-corrected chi connectivity index (χ4v) is 3.90. The van der Waals surface area contributed by atoms with Gasteiger partial charge in [-0.05, 0) is 82.4 Å². The molecule has 2 aromatic rings. The summed E-state index contributed by atoms with van der Waals surface area (Å²) in [6, 6.07) is 10.0. The number of hydrogen-bond donors (Lipinski definition) is 0. The number of ether oxygens (including phenoxy) is 1. The molecular formula is C21H27O2P. The molecule has 128 valence electrons. The molecular weight excluding hydrogens is 315 g/mol. The van der Waals surface area contributed by atoms with Gasteiger partial charge in [0.15, 0.2) is 5.52 Å². The molecule has 2 nitrogen and oxygen atoms in total. The lowest BCUT2D eigenvalue weighted by atomic mass is 9.95. The molecule has 0 aliphatic carbocycles. The molecule has 0 aliphatic heterocycles. The first-order chi connectivity index (χ1) is 11.4. The van der Waals surface area contributed by atoms with Gasteiger partial charge in [-0.25, -0.2) is 0 Å². The summed E-state index contributed by atoms with van der Waals surface area (Å²) in [4.78, 5) is 12.8. The average molecular weight is 342 g/mol. The van der Waals surface area contributed by atoms with Gasteiger partial charge in [0.05, 0.1) is 6.61 Å². The van der Waals surface area contributed by atoms with Crippen molar-refractivity contribution >= 4 is 19.4 Å². The Kier molecular flexibility index (Phi) is 6.57. The molecule has 0 aliphatic rings. The van der Waals surface area contributed by atoms with Crippen LogP contribution in [0.1, 0.15) is 52.4 Å². The monoisotopic (exact) mass is 342 g/mol. The van der Waals surface area contributed by atoms with E-state index in [0.717, 1.165) is 47.2 Å². The molecule has 0 saturated heterocycles. The lowest BCUT2D eigenvalue weighted by molar-refractivity contribution is 0.108. The van der Waals surface area contributed by atoms with Crippen LogP contribution in [-0.4, -0.2) is 12.1 Å². The zero-order valence-corrected chi connectivity index (χ0v) is 16.3. The molecule has 0 aromatic heterocycles. The van der Waals surface area contributed by atoms with Gasteiger partial charge in [-0.3, -0.25) is 4.79 Å². The molecule has 0 amide bonds. The van der Waals surface area contributed by atoms with Crippen molar-refractivity contribution in [3.8, 4) is 5.75 Å². The Morgan fingerprint density at radius 1 is 1.00 bits per heavy atom. The maximum Gasteiger partial charge on any atom is 0.186 e. The van der Waals surface area contributed by atoms with Gasteiger partial charge in [-0.15, -0.1) is 0 Å². The van der Waals surface area contributed by atoms with Crippen LogP contribution in [0.2, 0.25) is 0 Å². The van der Waals surface area contributed by atoms with Crippen molar-refractivity contribution in [1.29, 1.82) is 0 Å². The minimum atomic E-state index is 0.146. The minimum absolute atomic E-state index is 0.146. The highest BCUT2D eigenvalue weighted by molar-refractivity contribution is 7.66. The van der Waals surface area contributed by atoms with Gasteiger partial charge in [0.1, 0.15) is 5.75 Å². The first-order valence-corrected chi connectivity index (χ1v) is 9.55. The third-order valence-electron chi connectivity index (χ3n) is 4.46. The number of rotatable bonds is 7. The molecule has 0 heterocycles. The van der Waals surface area contributed by atoms with Crippen molar-refractivity contribution in [3.63, 3.8) is 0 Å². The minimum Gasteiger partial charge on any atom is -0.494 e. The van der Waals surface area contributed by atoms with Crippen LogP contribution in [-0.2, 0) is 0 Å². The molecule has 3 heteroatoms. The lowest BCUT2D eigenvalue weighted by Crippen LogP contribution is -2.07. The average Bonchev–Trinajstić information content (AvgIpc) is 2.54. The topological polar surface area (TPSA) is 26.3 Å².